The van der Waals surface area contributed by atoms with Gasteiger partial charge in [0.1, 0.15) is 5.82 Å². The second-order valence-corrected chi connectivity index (χ2v) is 4.91. The zero-order chi connectivity index (χ0) is 12.4. The van der Waals surface area contributed by atoms with Gasteiger partial charge < -0.3 is 4.90 Å². The highest BCUT2D eigenvalue weighted by Gasteiger charge is 2.24. The van der Waals surface area contributed by atoms with Crippen LogP contribution >= 0.6 is 11.6 Å². The number of piperazine rings is 1. The van der Waals surface area contributed by atoms with Gasteiger partial charge in [0.25, 0.3) is 0 Å². The zero-order valence-electron chi connectivity index (χ0n) is 10.6. The van der Waals surface area contributed by atoms with Gasteiger partial charge in [0.2, 0.25) is 5.28 Å². The fourth-order valence-electron chi connectivity index (χ4n) is 2.39. The number of aryl methyl sites for hydroxylation is 1. The van der Waals surface area contributed by atoms with E-state index in [1.807, 2.05) is 6.92 Å². The van der Waals surface area contributed by atoms with Crippen LogP contribution in [0.25, 0.3) is 0 Å². The van der Waals surface area contributed by atoms with E-state index in [9.17, 15) is 0 Å². The van der Waals surface area contributed by atoms with Gasteiger partial charge in [-0.2, -0.15) is 0 Å². The molecule has 1 unspecified atom stereocenters. The molecule has 0 aromatic carbocycles. The molecule has 1 aromatic rings. The van der Waals surface area contributed by atoms with Crippen LogP contribution in [0.3, 0.4) is 0 Å². The molecular formula is C12H19ClN4. The molecule has 0 N–H and O–H groups in total. The maximum absolute atomic E-state index is 5.87. The van der Waals surface area contributed by atoms with Crippen molar-refractivity contribution in [3.05, 3.63) is 17.0 Å². The molecular weight excluding hydrogens is 236 g/mol. The van der Waals surface area contributed by atoms with Crippen molar-refractivity contribution in [1.29, 1.82) is 0 Å². The van der Waals surface area contributed by atoms with Gasteiger partial charge >= 0.3 is 0 Å². The van der Waals surface area contributed by atoms with E-state index in [0.29, 0.717) is 11.3 Å². The third-order valence-corrected chi connectivity index (χ3v) is 3.57. The number of likely N-dealkylation sites (N-methyl/N-ethyl adjacent to an activating group) is 1. The molecule has 4 nitrogen and oxygen atoms in total. The first-order chi connectivity index (χ1) is 8.11. The van der Waals surface area contributed by atoms with Gasteiger partial charge in [-0.3, -0.25) is 4.90 Å². The smallest absolute Gasteiger partial charge is 0.224 e. The largest absolute Gasteiger partial charge is 0.353 e. The molecule has 5 heteroatoms. The number of anilines is 1. The molecule has 0 aliphatic carbocycles. The molecule has 1 aromatic heterocycles. The summed E-state index contributed by atoms with van der Waals surface area (Å²) in [6, 6.07) is 0.557. The van der Waals surface area contributed by atoms with Crippen molar-refractivity contribution in [2.24, 2.45) is 0 Å². The Hall–Kier alpha value is -0.870. The Labute approximate surface area is 108 Å². The molecule has 0 spiro atoms. The van der Waals surface area contributed by atoms with E-state index >= 15 is 0 Å². The molecule has 0 amide bonds. The van der Waals surface area contributed by atoms with Gasteiger partial charge in [0.05, 0.1) is 0 Å². The predicted molar refractivity (Wildman–Crippen MR) is 70.7 cm³/mol. The number of aromatic nitrogens is 2. The topological polar surface area (TPSA) is 32.3 Å². The highest BCUT2D eigenvalue weighted by Crippen LogP contribution is 2.21. The van der Waals surface area contributed by atoms with E-state index in [1.54, 1.807) is 6.20 Å². The molecule has 0 saturated carbocycles. The van der Waals surface area contributed by atoms with Crippen molar-refractivity contribution >= 4 is 17.4 Å². The molecule has 0 radical (unpaired) electrons. The fraction of sp³-hybridized carbons (Fsp3) is 0.667. The summed E-state index contributed by atoms with van der Waals surface area (Å²) in [6.45, 7) is 10.7. The summed E-state index contributed by atoms with van der Waals surface area (Å²) >= 11 is 5.87. The Morgan fingerprint density at radius 1 is 1.47 bits per heavy atom. The molecule has 1 saturated heterocycles. The molecule has 1 aliphatic rings. The van der Waals surface area contributed by atoms with Crippen LogP contribution in [-0.4, -0.2) is 47.1 Å². The summed E-state index contributed by atoms with van der Waals surface area (Å²) in [5, 5.41) is 0.330. The van der Waals surface area contributed by atoms with E-state index < -0.39 is 0 Å². The summed E-state index contributed by atoms with van der Waals surface area (Å²) in [6.07, 6.45) is 1.79. The highest BCUT2D eigenvalue weighted by molar-refractivity contribution is 6.28. The first-order valence-corrected chi connectivity index (χ1v) is 6.47. The first kappa shape index (κ1) is 12.6. The molecule has 1 fully saturated rings. The van der Waals surface area contributed by atoms with Crippen LogP contribution in [0.15, 0.2) is 6.20 Å². The monoisotopic (exact) mass is 254 g/mol. The van der Waals surface area contributed by atoms with Crippen molar-refractivity contribution in [1.82, 2.24) is 14.9 Å². The average Bonchev–Trinajstić information content (AvgIpc) is 2.32. The normalized spacial score (nSPS) is 21.9. The van der Waals surface area contributed by atoms with Gasteiger partial charge in [0.15, 0.2) is 0 Å². The van der Waals surface area contributed by atoms with Crippen molar-refractivity contribution in [3.8, 4) is 0 Å². The van der Waals surface area contributed by atoms with Crippen molar-refractivity contribution in [3.63, 3.8) is 0 Å². The number of rotatable bonds is 2. The Bertz CT molecular complexity index is 396. The molecule has 94 valence electrons. The number of hydrogen-bond donors (Lipinski definition) is 0. The SMILES string of the molecule is CCN1CCN(c2nc(Cl)ncc2C)CC1C. The summed E-state index contributed by atoms with van der Waals surface area (Å²) < 4.78 is 0. The average molecular weight is 255 g/mol. The zero-order valence-corrected chi connectivity index (χ0v) is 11.4. The van der Waals surface area contributed by atoms with Gasteiger partial charge in [-0.25, -0.2) is 9.97 Å². The van der Waals surface area contributed by atoms with Crippen LogP contribution in [0.5, 0.6) is 0 Å². The van der Waals surface area contributed by atoms with Crippen LogP contribution in [0.4, 0.5) is 5.82 Å². The Kier molecular flexibility index (Phi) is 3.84. The quantitative estimate of drug-likeness (QED) is 0.756. The summed E-state index contributed by atoms with van der Waals surface area (Å²) in [5.41, 5.74) is 1.09. The predicted octanol–water partition coefficient (Wildman–Crippen LogP) is 1.97. The van der Waals surface area contributed by atoms with Crippen LogP contribution < -0.4 is 4.90 Å². The van der Waals surface area contributed by atoms with Gasteiger partial charge in [0, 0.05) is 37.4 Å². The maximum atomic E-state index is 5.87. The van der Waals surface area contributed by atoms with Crippen molar-refractivity contribution in [2.45, 2.75) is 26.8 Å². The lowest BCUT2D eigenvalue weighted by Gasteiger charge is -2.40. The Morgan fingerprint density at radius 3 is 2.88 bits per heavy atom. The van der Waals surface area contributed by atoms with E-state index in [4.69, 9.17) is 11.6 Å². The Balaban J connectivity index is 2.16. The van der Waals surface area contributed by atoms with Crippen LogP contribution in [0, 0.1) is 6.92 Å². The maximum Gasteiger partial charge on any atom is 0.224 e. The lowest BCUT2D eigenvalue weighted by Crippen LogP contribution is -2.52. The van der Waals surface area contributed by atoms with E-state index in [2.05, 4.69) is 33.6 Å². The molecule has 2 heterocycles. The summed E-state index contributed by atoms with van der Waals surface area (Å²) in [4.78, 5) is 13.1. The van der Waals surface area contributed by atoms with Crippen LogP contribution in [0.2, 0.25) is 5.28 Å². The van der Waals surface area contributed by atoms with Gasteiger partial charge in [-0.05, 0) is 32.0 Å². The second-order valence-electron chi connectivity index (χ2n) is 4.57. The first-order valence-electron chi connectivity index (χ1n) is 6.10. The van der Waals surface area contributed by atoms with Crippen LogP contribution in [0.1, 0.15) is 19.4 Å². The standard InChI is InChI=1S/C12H19ClN4/c1-4-16-5-6-17(8-10(16)3)11-9(2)7-14-12(13)15-11/h7,10H,4-6,8H2,1-3H3. The molecule has 0 bridgehead atoms. The number of halogens is 1. The van der Waals surface area contributed by atoms with Crippen LogP contribution in [-0.2, 0) is 0 Å². The minimum Gasteiger partial charge on any atom is -0.353 e. The van der Waals surface area contributed by atoms with Crippen molar-refractivity contribution in [2.75, 3.05) is 31.1 Å². The minimum absolute atomic E-state index is 0.330. The summed E-state index contributed by atoms with van der Waals surface area (Å²) in [5.74, 6) is 0.979. The second kappa shape index (κ2) is 5.19. The van der Waals surface area contributed by atoms with Gasteiger partial charge in [-0.15, -0.1) is 0 Å². The number of nitrogens with zero attached hydrogens (tertiary/aromatic N) is 4. The molecule has 1 aliphatic heterocycles. The minimum atomic E-state index is 0.330. The fourth-order valence-corrected chi connectivity index (χ4v) is 2.52. The highest BCUT2D eigenvalue weighted by atomic mass is 35.5. The lowest BCUT2D eigenvalue weighted by atomic mass is 10.2. The van der Waals surface area contributed by atoms with E-state index in [0.717, 1.165) is 37.6 Å². The molecule has 2 rings (SSSR count). The molecule has 17 heavy (non-hydrogen) atoms. The van der Waals surface area contributed by atoms with Crippen molar-refractivity contribution < 1.29 is 0 Å². The van der Waals surface area contributed by atoms with Gasteiger partial charge in [-0.1, -0.05) is 6.92 Å². The molecule has 1 atom stereocenters. The van der Waals surface area contributed by atoms with E-state index in [1.165, 1.54) is 0 Å². The summed E-state index contributed by atoms with van der Waals surface area (Å²) in [7, 11) is 0. The third-order valence-electron chi connectivity index (χ3n) is 3.39. The third kappa shape index (κ3) is 2.69. The Morgan fingerprint density at radius 2 is 2.24 bits per heavy atom. The van der Waals surface area contributed by atoms with E-state index in [-0.39, 0.29) is 0 Å². The number of hydrogen-bond acceptors (Lipinski definition) is 4. The lowest BCUT2D eigenvalue weighted by molar-refractivity contribution is 0.199.